The van der Waals surface area contributed by atoms with Crippen LogP contribution in [0.4, 0.5) is 8.78 Å². The molecule has 1 N–H and O–H groups in total. The number of aliphatic hydroxyl groups excluding tert-OH is 1. The van der Waals surface area contributed by atoms with Crippen molar-refractivity contribution in [3.05, 3.63) is 29.8 Å². The molecular formula is C12H14F2O3. The summed E-state index contributed by atoms with van der Waals surface area (Å²) >= 11 is 0. The Morgan fingerprint density at radius 3 is 3.00 bits per heavy atom. The summed E-state index contributed by atoms with van der Waals surface area (Å²) in [5.74, 6) is -1.38. The third-order valence-electron chi connectivity index (χ3n) is 2.81. The maximum Gasteiger partial charge on any atom is 0.165 e. The SMILES string of the molecule is OC(COc1cc(F)ccc1F)C1CCOC1. The van der Waals surface area contributed by atoms with Crippen LogP contribution in [0.15, 0.2) is 18.2 Å². The summed E-state index contributed by atoms with van der Waals surface area (Å²) in [5.41, 5.74) is 0. The Hall–Kier alpha value is -1.20. The minimum Gasteiger partial charge on any atom is -0.488 e. The number of rotatable bonds is 4. The third kappa shape index (κ3) is 3.14. The fourth-order valence-electron chi connectivity index (χ4n) is 1.76. The van der Waals surface area contributed by atoms with E-state index in [1.165, 1.54) is 0 Å². The fourth-order valence-corrected chi connectivity index (χ4v) is 1.76. The van der Waals surface area contributed by atoms with Gasteiger partial charge in [0.25, 0.3) is 0 Å². The molecule has 1 fully saturated rings. The molecule has 1 saturated heterocycles. The summed E-state index contributed by atoms with van der Waals surface area (Å²) in [6.45, 7) is 1.04. The smallest absolute Gasteiger partial charge is 0.165 e. The van der Waals surface area contributed by atoms with Crippen LogP contribution in [0.25, 0.3) is 0 Å². The van der Waals surface area contributed by atoms with Crippen LogP contribution in [0.1, 0.15) is 6.42 Å². The molecule has 0 amide bonds. The second kappa shape index (κ2) is 5.42. The number of halogens is 2. The van der Waals surface area contributed by atoms with Crippen LogP contribution < -0.4 is 4.74 Å². The summed E-state index contributed by atoms with van der Waals surface area (Å²) in [4.78, 5) is 0. The van der Waals surface area contributed by atoms with Gasteiger partial charge in [-0.05, 0) is 18.6 Å². The van der Waals surface area contributed by atoms with Crippen molar-refractivity contribution < 1.29 is 23.4 Å². The highest BCUT2D eigenvalue weighted by Gasteiger charge is 2.24. The molecular weight excluding hydrogens is 230 g/mol. The van der Waals surface area contributed by atoms with Gasteiger partial charge in [0.15, 0.2) is 11.6 Å². The normalized spacial score (nSPS) is 21.5. The molecule has 1 heterocycles. The van der Waals surface area contributed by atoms with Crippen LogP contribution in [0.5, 0.6) is 5.75 Å². The molecule has 0 spiro atoms. The van der Waals surface area contributed by atoms with E-state index in [4.69, 9.17) is 9.47 Å². The summed E-state index contributed by atoms with van der Waals surface area (Å²) in [6.07, 6.45) is 0.0380. The van der Waals surface area contributed by atoms with Gasteiger partial charge >= 0.3 is 0 Å². The molecule has 94 valence electrons. The molecule has 1 aliphatic rings. The molecule has 1 aliphatic heterocycles. The van der Waals surface area contributed by atoms with E-state index in [9.17, 15) is 13.9 Å². The van der Waals surface area contributed by atoms with Crippen LogP contribution in [0.2, 0.25) is 0 Å². The summed E-state index contributed by atoms with van der Waals surface area (Å²) in [6, 6.07) is 2.98. The van der Waals surface area contributed by atoms with Crippen LogP contribution in [0.3, 0.4) is 0 Å². The highest BCUT2D eigenvalue weighted by molar-refractivity contribution is 5.24. The average molecular weight is 244 g/mol. The monoisotopic (exact) mass is 244 g/mol. The Balaban J connectivity index is 1.90. The van der Waals surface area contributed by atoms with Gasteiger partial charge < -0.3 is 14.6 Å². The van der Waals surface area contributed by atoms with Crippen molar-refractivity contribution in [3.8, 4) is 5.75 Å². The summed E-state index contributed by atoms with van der Waals surface area (Å²) in [7, 11) is 0. The number of hydrogen-bond donors (Lipinski definition) is 1. The van der Waals surface area contributed by atoms with Crippen molar-refractivity contribution in [2.75, 3.05) is 19.8 Å². The van der Waals surface area contributed by atoms with Gasteiger partial charge in [-0.1, -0.05) is 0 Å². The topological polar surface area (TPSA) is 38.7 Å². The number of hydrogen-bond acceptors (Lipinski definition) is 3. The fraction of sp³-hybridized carbons (Fsp3) is 0.500. The first kappa shape index (κ1) is 12.3. The molecule has 0 aromatic heterocycles. The maximum absolute atomic E-state index is 13.2. The van der Waals surface area contributed by atoms with Crippen LogP contribution in [0, 0.1) is 17.6 Å². The predicted octanol–water partition coefficient (Wildman–Crippen LogP) is 1.74. The number of aliphatic hydroxyl groups is 1. The molecule has 17 heavy (non-hydrogen) atoms. The van der Waals surface area contributed by atoms with Crippen molar-refractivity contribution in [1.29, 1.82) is 0 Å². The van der Waals surface area contributed by atoms with Crippen molar-refractivity contribution in [3.63, 3.8) is 0 Å². The van der Waals surface area contributed by atoms with E-state index in [-0.39, 0.29) is 18.3 Å². The van der Waals surface area contributed by atoms with Gasteiger partial charge in [0.1, 0.15) is 12.4 Å². The zero-order valence-electron chi connectivity index (χ0n) is 9.23. The molecule has 5 heteroatoms. The van der Waals surface area contributed by atoms with Gasteiger partial charge in [-0.2, -0.15) is 0 Å². The quantitative estimate of drug-likeness (QED) is 0.876. The molecule has 1 aromatic carbocycles. The van der Waals surface area contributed by atoms with Crippen molar-refractivity contribution >= 4 is 0 Å². The Bertz CT molecular complexity index is 378. The van der Waals surface area contributed by atoms with E-state index < -0.39 is 17.7 Å². The van der Waals surface area contributed by atoms with Crippen molar-refractivity contribution in [2.24, 2.45) is 5.92 Å². The molecule has 2 rings (SSSR count). The lowest BCUT2D eigenvalue weighted by Crippen LogP contribution is -2.27. The van der Waals surface area contributed by atoms with E-state index in [1.54, 1.807) is 0 Å². The van der Waals surface area contributed by atoms with Gasteiger partial charge in [-0.15, -0.1) is 0 Å². The Morgan fingerprint density at radius 1 is 1.47 bits per heavy atom. The largest absolute Gasteiger partial charge is 0.488 e. The molecule has 0 radical (unpaired) electrons. The van der Waals surface area contributed by atoms with E-state index in [1.807, 2.05) is 0 Å². The maximum atomic E-state index is 13.2. The zero-order valence-corrected chi connectivity index (χ0v) is 9.23. The Morgan fingerprint density at radius 2 is 2.29 bits per heavy atom. The summed E-state index contributed by atoms with van der Waals surface area (Å²) < 4.78 is 36.2. The molecule has 2 unspecified atom stereocenters. The minimum absolute atomic E-state index is 0.00613. The van der Waals surface area contributed by atoms with Gasteiger partial charge in [0.2, 0.25) is 0 Å². The Kier molecular flexibility index (Phi) is 3.91. The first-order valence-electron chi connectivity index (χ1n) is 5.50. The number of ether oxygens (including phenoxy) is 2. The average Bonchev–Trinajstić information content (AvgIpc) is 2.83. The van der Waals surface area contributed by atoms with E-state index in [0.29, 0.717) is 13.2 Å². The standard InChI is InChI=1S/C12H14F2O3/c13-9-1-2-10(14)12(5-9)17-7-11(15)8-3-4-16-6-8/h1-2,5,8,11,15H,3-4,6-7H2. The summed E-state index contributed by atoms with van der Waals surface area (Å²) in [5, 5.41) is 9.75. The first-order valence-corrected chi connectivity index (χ1v) is 5.50. The van der Waals surface area contributed by atoms with E-state index in [0.717, 1.165) is 24.6 Å². The first-order chi connectivity index (χ1) is 8.16. The van der Waals surface area contributed by atoms with Gasteiger partial charge in [0.05, 0.1) is 12.7 Å². The molecule has 0 saturated carbocycles. The second-order valence-corrected chi connectivity index (χ2v) is 4.08. The lowest BCUT2D eigenvalue weighted by atomic mass is 10.0. The highest BCUT2D eigenvalue weighted by Crippen LogP contribution is 2.21. The van der Waals surface area contributed by atoms with Gasteiger partial charge in [0, 0.05) is 18.6 Å². The molecule has 1 aromatic rings. The lowest BCUT2D eigenvalue weighted by molar-refractivity contribution is 0.0485. The number of benzene rings is 1. The van der Waals surface area contributed by atoms with Gasteiger partial charge in [-0.3, -0.25) is 0 Å². The van der Waals surface area contributed by atoms with Gasteiger partial charge in [-0.25, -0.2) is 8.78 Å². The molecule has 0 bridgehead atoms. The van der Waals surface area contributed by atoms with E-state index in [2.05, 4.69) is 0 Å². The minimum atomic E-state index is -0.722. The van der Waals surface area contributed by atoms with Crippen LogP contribution in [-0.2, 0) is 4.74 Å². The third-order valence-corrected chi connectivity index (χ3v) is 2.81. The predicted molar refractivity (Wildman–Crippen MR) is 56.8 cm³/mol. The molecule has 3 nitrogen and oxygen atoms in total. The highest BCUT2D eigenvalue weighted by atomic mass is 19.1. The zero-order chi connectivity index (χ0) is 12.3. The second-order valence-electron chi connectivity index (χ2n) is 4.08. The lowest BCUT2D eigenvalue weighted by Gasteiger charge is -2.17. The van der Waals surface area contributed by atoms with Crippen LogP contribution >= 0.6 is 0 Å². The van der Waals surface area contributed by atoms with Crippen molar-refractivity contribution in [2.45, 2.75) is 12.5 Å². The van der Waals surface area contributed by atoms with Crippen LogP contribution in [-0.4, -0.2) is 31.0 Å². The van der Waals surface area contributed by atoms with Crippen molar-refractivity contribution in [1.82, 2.24) is 0 Å². The molecule has 2 atom stereocenters. The Labute approximate surface area is 98.0 Å². The molecule has 0 aliphatic carbocycles. The van der Waals surface area contributed by atoms with E-state index >= 15 is 0 Å².